The molecule has 1 fully saturated rings. The summed E-state index contributed by atoms with van der Waals surface area (Å²) in [6, 6.07) is 3.33. The van der Waals surface area contributed by atoms with Crippen LogP contribution in [0.25, 0.3) is 0 Å². The summed E-state index contributed by atoms with van der Waals surface area (Å²) in [4.78, 5) is 11.5. The molecule has 0 aromatic heterocycles. The molecule has 1 aliphatic heterocycles. The normalized spacial score (nSPS) is 20.4. The van der Waals surface area contributed by atoms with Crippen LogP contribution in [0.5, 0.6) is 0 Å². The van der Waals surface area contributed by atoms with Gasteiger partial charge in [-0.1, -0.05) is 17.7 Å². The van der Waals surface area contributed by atoms with E-state index >= 15 is 0 Å². The van der Waals surface area contributed by atoms with E-state index in [0.717, 1.165) is 12.8 Å². The Bertz CT molecular complexity index is 444. The third-order valence-corrected chi connectivity index (χ3v) is 3.48. The SMILES string of the molecule is NC(=O)C(NCC1CCCO1)c1c(F)cccc1Cl. The molecule has 1 aromatic carbocycles. The molecule has 3 N–H and O–H groups in total. The number of nitrogens with two attached hydrogens (primary N) is 1. The van der Waals surface area contributed by atoms with Gasteiger partial charge in [0.2, 0.25) is 5.91 Å². The zero-order chi connectivity index (χ0) is 13.8. The summed E-state index contributed by atoms with van der Waals surface area (Å²) < 4.78 is 19.2. The molecule has 4 nitrogen and oxygen atoms in total. The van der Waals surface area contributed by atoms with Gasteiger partial charge in [-0.2, -0.15) is 0 Å². The predicted octanol–water partition coefficient (Wildman–Crippen LogP) is 1.77. The maximum atomic E-state index is 13.8. The minimum absolute atomic E-state index is 0.0346. The van der Waals surface area contributed by atoms with E-state index in [4.69, 9.17) is 22.1 Å². The predicted molar refractivity (Wildman–Crippen MR) is 70.3 cm³/mol. The van der Waals surface area contributed by atoms with Crippen molar-refractivity contribution in [2.24, 2.45) is 5.73 Å². The Morgan fingerprint density at radius 3 is 3.00 bits per heavy atom. The lowest BCUT2D eigenvalue weighted by Gasteiger charge is -2.19. The number of ether oxygens (including phenoxy) is 1. The highest BCUT2D eigenvalue weighted by Crippen LogP contribution is 2.26. The molecule has 0 bridgehead atoms. The van der Waals surface area contributed by atoms with Gasteiger partial charge in [-0.05, 0) is 25.0 Å². The number of halogens is 2. The Labute approximate surface area is 116 Å². The van der Waals surface area contributed by atoms with Crippen LogP contribution in [0, 0.1) is 5.82 Å². The van der Waals surface area contributed by atoms with Gasteiger partial charge < -0.3 is 10.5 Å². The zero-order valence-electron chi connectivity index (χ0n) is 10.4. The topological polar surface area (TPSA) is 64.4 Å². The van der Waals surface area contributed by atoms with Gasteiger partial charge in [0.05, 0.1) is 6.10 Å². The fraction of sp³-hybridized carbons (Fsp3) is 0.462. The molecule has 0 aliphatic carbocycles. The number of nitrogens with one attached hydrogen (secondary N) is 1. The van der Waals surface area contributed by atoms with Gasteiger partial charge in [-0.15, -0.1) is 0 Å². The van der Waals surface area contributed by atoms with E-state index < -0.39 is 17.8 Å². The second-order valence-corrected chi connectivity index (χ2v) is 4.92. The van der Waals surface area contributed by atoms with Gasteiger partial charge >= 0.3 is 0 Å². The van der Waals surface area contributed by atoms with Crippen LogP contribution in [0.2, 0.25) is 5.02 Å². The standard InChI is InChI=1S/C13H16ClFN2O2/c14-9-4-1-5-10(15)11(9)12(13(16)18)17-7-8-3-2-6-19-8/h1,4-5,8,12,17H,2-3,6-7H2,(H2,16,18). The fourth-order valence-corrected chi connectivity index (χ4v) is 2.46. The highest BCUT2D eigenvalue weighted by atomic mass is 35.5. The molecule has 0 saturated carbocycles. The summed E-state index contributed by atoms with van der Waals surface area (Å²) >= 11 is 5.94. The summed E-state index contributed by atoms with van der Waals surface area (Å²) in [6.45, 7) is 1.16. The first kappa shape index (κ1) is 14.2. The third-order valence-electron chi connectivity index (χ3n) is 3.15. The molecule has 0 spiro atoms. The van der Waals surface area contributed by atoms with Gasteiger partial charge in [0.1, 0.15) is 11.9 Å². The minimum Gasteiger partial charge on any atom is -0.377 e. The number of hydrogen-bond donors (Lipinski definition) is 2. The average molecular weight is 287 g/mol. The molecule has 2 rings (SSSR count). The van der Waals surface area contributed by atoms with Crippen LogP contribution in [0.3, 0.4) is 0 Å². The summed E-state index contributed by atoms with van der Waals surface area (Å²) in [5.74, 6) is -1.21. The molecule has 1 heterocycles. The monoisotopic (exact) mass is 286 g/mol. The maximum absolute atomic E-state index is 13.8. The van der Waals surface area contributed by atoms with Crippen LogP contribution < -0.4 is 11.1 Å². The second kappa shape index (κ2) is 6.32. The lowest BCUT2D eigenvalue weighted by molar-refractivity contribution is -0.120. The van der Waals surface area contributed by atoms with E-state index in [1.807, 2.05) is 0 Å². The lowest BCUT2D eigenvalue weighted by Crippen LogP contribution is -2.38. The van der Waals surface area contributed by atoms with Gasteiger partial charge in [0.15, 0.2) is 0 Å². The van der Waals surface area contributed by atoms with Crippen molar-refractivity contribution >= 4 is 17.5 Å². The van der Waals surface area contributed by atoms with Crippen molar-refractivity contribution in [2.45, 2.75) is 25.0 Å². The summed E-state index contributed by atoms with van der Waals surface area (Å²) in [5.41, 5.74) is 5.42. The highest BCUT2D eigenvalue weighted by molar-refractivity contribution is 6.31. The number of hydrogen-bond acceptors (Lipinski definition) is 3. The minimum atomic E-state index is -0.946. The van der Waals surface area contributed by atoms with Crippen molar-refractivity contribution in [3.63, 3.8) is 0 Å². The Hall–Kier alpha value is -1.17. The van der Waals surface area contributed by atoms with E-state index in [2.05, 4.69) is 5.32 Å². The molecule has 2 atom stereocenters. The van der Waals surface area contributed by atoms with Gasteiger partial charge in [-0.25, -0.2) is 4.39 Å². The number of amides is 1. The molecule has 1 saturated heterocycles. The molecule has 1 aromatic rings. The van der Waals surface area contributed by atoms with E-state index in [9.17, 15) is 9.18 Å². The van der Waals surface area contributed by atoms with Crippen LogP contribution in [0.15, 0.2) is 18.2 Å². The molecule has 2 unspecified atom stereocenters. The number of carbonyl (C=O) groups excluding carboxylic acids is 1. The Morgan fingerprint density at radius 2 is 2.42 bits per heavy atom. The van der Waals surface area contributed by atoms with Crippen LogP contribution in [-0.2, 0) is 9.53 Å². The molecule has 1 aliphatic rings. The quantitative estimate of drug-likeness (QED) is 0.867. The van der Waals surface area contributed by atoms with E-state index in [1.165, 1.54) is 18.2 Å². The number of carbonyl (C=O) groups is 1. The molecule has 19 heavy (non-hydrogen) atoms. The molecular formula is C13H16ClFN2O2. The first-order valence-corrected chi connectivity index (χ1v) is 6.55. The summed E-state index contributed by atoms with van der Waals surface area (Å²) in [5, 5.41) is 3.12. The maximum Gasteiger partial charge on any atom is 0.239 e. The number of primary amides is 1. The fourth-order valence-electron chi connectivity index (χ4n) is 2.19. The van der Waals surface area contributed by atoms with Crippen molar-refractivity contribution in [3.05, 3.63) is 34.6 Å². The highest BCUT2D eigenvalue weighted by Gasteiger charge is 2.25. The smallest absolute Gasteiger partial charge is 0.239 e. The zero-order valence-corrected chi connectivity index (χ0v) is 11.1. The average Bonchev–Trinajstić information content (AvgIpc) is 2.85. The Balaban J connectivity index is 2.13. The van der Waals surface area contributed by atoms with Crippen molar-refractivity contribution in [3.8, 4) is 0 Å². The third kappa shape index (κ3) is 3.43. The van der Waals surface area contributed by atoms with Crippen molar-refractivity contribution in [2.75, 3.05) is 13.2 Å². The van der Waals surface area contributed by atoms with Gasteiger partial charge in [-0.3, -0.25) is 10.1 Å². The van der Waals surface area contributed by atoms with Crippen molar-refractivity contribution in [1.29, 1.82) is 0 Å². The number of rotatable bonds is 5. The molecular weight excluding hydrogens is 271 g/mol. The van der Waals surface area contributed by atoms with Crippen LogP contribution in [0.4, 0.5) is 4.39 Å². The first-order valence-electron chi connectivity index (χ1n) is 6.18. The largest absolute Gasteiger partial charge is 0.377 e. The molecule has 1 amide bonds. The summed E-state index contributed by atoms with van der Waals surface area (Å²) in [6.07, 6.45) is 1.95. The first-order chi connectivity index (χ1) is 9.09. The van der Waals surface area contributed by atoms with Gasteiger partial charge in [0.25, 0.3) is 0 Å². The van der Waals surface area contributed by atoms with Crippen LogP contribution in [0.1, 0.15) is 24.4 Å². The van der Waals surface area contributed by atoms with Crippen LogP contribution >= 0.6 is 11.6 Å². The number of benzene rings is 1. The molecule has 0 radical (unpaired) electrons. The molecule has 6 heteroatoms. The van der Waals surface area contributed by atoms with E-state index in [-0.39, 0.29) is 16.7 Å². The van der Waals surface area contributed by atoms with Crippen molar-refractivity contribution in [1.82, 2.24) is 5.32 Å². The Morgan fingerprint density at radius 1 is 1.63 bits per heavy atom. The second-order valence-electron chi connectivity index (χ2n) is 4.51. The lowest BCUT2D eigenvalue weighted by atomic mass is 10.0. The van der Waals surface area contributed by atoms with E-state index in [1.54, 1.807) is 0 Å². The Kier molecular flexibility index (Phi) is 4.74. The van der Waals surface area contributed by atoms with Crippen molar-refractivity contribution < 1.29 is 13.9 Å². The van der Waals surface area contributed by atoms with Gasteiger partial charge in [0, 0.05) is 23.7 Å². The molecule has 104 valence electrons. The van der Waals surface area contributed by atoms with Crippen LogP contribution in [-0.4, -0.2) is 25.2 Å². The summed E-state index contributed by atoms with van der Waals surface area (Å²) in [7, 11) is 0. The van der Waals surface area contributed by atoms with E-state index in [0.29, 0.717) is 13.2 Å².